The van der Waals surface area contributed by atoms with Crippen molar-refractivity contribution >= 4 is 33.4 Å². The Kier molecular flexibility index (Phi) is 6.10. The minimum absolute atomic E-state index is 0.0421. The van der Waals surface area contributed by atoms with Crippen LogP contribution in [-0.4, -0.2) is 29.0 Å². The minimum Gasteiger partial charge on any atom is -0.352 e. The van der Waals surface area contributed by atoms with Gasteiger partial charge in [0.25, 0.3) is 5.56 Å². The lowest BCUT2D eigenvalue weighted by molar-refractivity contribution is -0.125. The maximum atomic E-state index is 13.4. The van der Waals surface area contributed by atoms with E-state index in [1.54, 1.807) is 0 Å². The van der Waals surface area contributed by atoms with Crippen LogP contribution in [-0.2, 0) is 11.3 Å². The van der Waals surface area contributed by atoms with E-state index < -0.39 is 11.6 Å². The van der Waals surface area contributed by atoms with Crippen molar-refractivity contribution < 1.29 is 13.6 Å². The van der Waals surface area contributed by atoms with E-state index in [9.17, 15) is 18.4 Å². The predicted octanol–water partition coefficient (Wildman–Crippen LogP) is 4.46. The third-order valence-electron chi connectivity index (χ3n) is 5.98. The Labute approximate surface area is 198 Å². The van der Waals surface area contributed by atoms with Crippen molar-refractivity contribution in [1.82, 2.24) is 15.3 Å². The van der Waals surface area contributed by atoms with Gasteiger partial charge in [-0.25, -0.2) is 13.8 Å². The van der Waals surface area contributed by atoms with Crippen LogP contribution in [0, 0.1) is 17.6 Å². The molecule has 0 radical (unpaired) electrons. The summed E-state index contributed by atoms with van der Waals surface area (Å²) in [5, 5.41) is 4.71. The number of carbonyl (C=O) groups excluding carboxylic acids is 1. The number of amides is 1. The zero-order valence-electron chi connectivity index (χ0n) is 18.2. The van der Waals surface area contributed by atoms with Crippen molar-refractivity contribution in [3.05, 3.63) is 81.5 Å². The summed E-state index contributed by atoms with van der Waals surface area (Å²) in [5.74, 6) is -1.44. The number of aromatic nitrogens is 2. The third kappa shape index (κ3) is 4.56. The summed E-state index contributed by atoms with van der Waals surface area (Å²) in [4.78, 5) is 35.1. The summed E-state index contributed by atoms with van der Waals surface area (Å²) in [6, 6.07) is 13.0. The number of nitrogens with zero attached hydrogens (tertiary/aromatic N) is 2. The number of halogens is 2. The highest BCUT2D eigenvalue weighted by atomic mass is 32.1. The van der Waals surface area contributed by atoms with Crippen LogP contribution in [0.2, 0.25) is 0 Å². The zero-order chi connectivity index (χ0) is 23.7. The van der Waals surface area contributed by atoms with Crippen molar-refractivity contribution in [2.24, 2.45) is 5.92 Å². The molecule has 2 aromatic heterocycles. The second-order valence-corrected chi connectivity index (χ2v) is 9.24. The van der Waals surface area contributed by atoms with Gasteiger partial charge in [-0.05, 0) is 36.1 Å². The monoisotopic (exact) mass is 480 g/mol. The maximum Gasteiger partial charge on any atom is 0.270 e. The van der Waals surface area contributed by atoms with Crippen LogP contribution in [0.3, 0.4) is 0 Å². The second-order valence-electron chi connectivity index (χ2n) is 8.36. The first-order valence-electron chi connectivity index (χ1n) is 11.0. The fourth-order valence-electron chi connectivity index (χ4n) is 4.32. The SMILES string of the molecule is O=C(NCc1cc(F)cc(F)c1)C1CCCN(c2nc3c(-c4ccccc4)csc3c(=O)[nH]2)C1. The standard InChI is InChI=1S/C25H22F2N4O2S/c26-18-9-15(10-19(27)11-18)12-28-23(32)17-7-4-8-31(13-17)25-29-21-20(16-5-2-1-3-6-16)14-34-22(21)24(33)30-25/h1-3,5-6,9-11,14,17H,4,7-8,12-13H2,(H,28,32)(H,29,30,33). The number of fused-ring (bicyclic) bond motifs is 1. The van der Waals surface area contributed by atoms with Gasteiger partial charge < -0.3 is 10.2 Å². The molecule has 0 bridgehead atoms. The summed E-state index contributed by atoms with van der Waals surface area (Å²) in [5.41, 5.74) is 2.70. The molecule has 1 amide bonds. The van der Waals surface area contributed by atoms with Crippen LogP contribution in [0.25, 0.3) is 21.3 Å². The molecule has 4 aromatic rings. The van der Waals surface area contributed by atoms with E-state index in [1.807, 2.05) is 40.6 Å². The number of aromatic amines is 1. The average molecular weight is 481 g/mol. The van der Waals surface area contributed by atoms with E-state index in [1.165, 1.54) is 23.5 Å². The van der Waals surface area contributed by atoms with Crippen molar-refractivity contribution in [3.63, 3.8) is 0 Å². The molecule has 1 saturated heterocycles. The molecule has 34 heavy (non-hydrogen) atoms. The van der Waals surface area contributed by atoms with Crippen molar-refractivity contribution in [2.45, 2.75) is 19.4 Å². The molecule has 1 unspecified atom stereocenters. The molecular formula is C25H22F2N4O2S. The fraction of sp³-hybridized carbons (Fsp3) is 0.240. The lowest BCUT2D eigenvalue weighted by Crippen LogP contribution is -2.44. The number of anilines is 1. The molecule has 0 aliphatic carbocycles. The van der Waals surface area contributed by atoms with Crippen molar-refractivity contribution in [2.75, 3.05) is 18.0 Å². The van der Waals surface area contributed by atoms with Crippen LogP contribution in [0.5, 0.6) is 0 Å². The molecule has 0 spiro atoms. The van der Waals surface area contributed by atoms with Gasteiger partial charge in [0.1, 0.15) is 16.3 Å². The van der Waals surface area contributed by atoms with Crippen LogP contribution < -0.4 is 15.8 Å². The first kappa shape index (κ1) is 22.2. The molecule has 6 nitrogen and oxygen atoms in total. The second kappa shape index (κ2) is 9.34. The first-order chi connectivity index (χ1) is 16.5. The minimum atomic E-state index is -0.679. The number of rotatable bonds is 5. The van der Waals surface area contributed by atoms with E-state index in [-0.39, 0.29) is 23.9 Å². The molecule has 1 atom stereocenters. The fourth-order valence-corrected chi connectivity index (χ4v) is 5.23. The average Bonchev–Trinajstić information content (AvgIpc) is 3.27. The Morgan fingerprint density at radius 3 is 2.71 bits per heavy atom. The van der Waals surface area contributed by atoms with Gasteiger partial charge in [0.2, 0.25) is 11.9 Å². The number of H-pyrrole nitrogens is 1. The third-order valence-corrected chi connectivity index (χ3v) is 6.95. The van der Waals surface area contributed by atoms with Crippen LogP contribution in [0.15, 0.2) is 58.7 Å². The Balaban J connectivity index is 1.34. The molecule has 0 saturated carbocycles. The van der Waals surface area contributed by atoms with Crippen LogP contribution >= 0.6 is 11.3 Å². The molecule has 5 rings (SSSR count). The van der Waals surface area contributed by atoms with Gasteiger partial charge in [-0.2, -0.15) is 0 Å². The summed E-state index contributed by atoms with van der Waals surface area (Å²) >= 11 is 1.36. The van der Waals surface area contributed by atoms with Crippen molar-refractivity contribution in [3.8, 4) is 11.1 Å². The molecule has 1 fully saturated rings. The predicted molar refractivity (Wildman–Crippen MR) is 129 cm³/mol. The molecule has 174 valence electrons. The van der Waals surface area contributed by atoms with E-state index in [0.717, 1.165) is 23.6 Å². The van der Waals surface area contributed by atoms with E-state index in [0.29, 0.717) is 41.2 Å². The largest absolute Gasteiger partial charge is 0.352 e. The smallest absolute Gasteiger partial charge is 0.270 e. The number of carbonyl (C=O) groups is 1. The zero-order valence-corrected chi connectivity index (χ0v) is 19.0. The molecular weight excluding hydrogens is 458 g/mol. The Morgan fingerprint density at radius 1 is 1.18 bits per heavy atom. The Morgan fingerprint density at radius 2 is 1.94 bits per heavy atom. The topological polar surface area (TPSA) is 78.1 Å². The highest BCUT2D eigenvalue weighted by Crippen LogP contribution is 2.32. The molecule has 1 aliphatic rings. The molecule has 2 aromatic carbocycles. The van der Waals surface area contributed by atoms with E-state index in [4.69, 9.17) is 4.98 Å². The molecule has 9 heteroatoms. The van der Waals surface area contributed by atoms with Crippen LogP contribution in [0.1, 0.15) is 18.4 Å². The number of benzene rings is 2. The van der Waals surface area contributed by atoms with Gasteiger partial charge >= 0.3 is 0 Å². The number of hydrogen-bond acceptors (Lipinski definition) is 5. The summed E-state index contributed by atoms with van der Waals surface area (Å²) in [6.45, 7) is 1.10. The highest BCUT2D eigenvalue weighted by molar-refractivity contribution is 7.17. The van der Waals surface area contributed by atoms with Gasteiger partial charge in [0.15, 0.2) is 0 Å². The van der Waals surface area contributed by atoms with Crippen LogP contribution in [0.4, 0.5) is 14.7 Å². The maximum absolute atomic E-state index is 13.4. The lowest BCUT2D eigenvalue weighted by atomic mass is 9.97. The van der Waals surface area contributed by atoms with Gasteiger partial charge in [-0.15, -0.1) is 11.3 Å². The molecule has 2 N–H and O–H groups in total. The number of piperidine rings is 1. The lowest BCUT2D eigenvalue weighted by Gasteiger charge is -2.32. The molecule has 3 heterocycles. The quantitative estimate of drug-likeness (QED) is 0.442. The van der Waals surface area contributed by atoms with Gasteiger partial charge in [-0.1, -0.05) is 30.3 Å². The Bertz CT molecular complexity index is 1380. The first-order valence-corrected chi connectivity index (χ1v) is 11.9. The summed E-state index contributed by atoms with van der Waals surface area (Å²) < 4.78 is 27.4. The Hall–Kier alpha value is -3.59. The van der Waals surface area contributed by atoms with Gasteiger partial charge in [0.05, 0.1) is 11.4 Å². The van der Waals surface area contributed by atoms with Crippen molar-refractivity contribution in [1.29, 1.82) is 0 Å². The number of nitrogens with one attached hydrogen (secondary N) is 2. The normalized spacial score (nSPS) is 16.1. The van der Waals surface area contributed by atoms with Gasteiger partial charge in [0, 0.05) is 36.6 Å². The molecule has 1 aliphatic heterocycles. The number of thiophene rings is 1. The highest BCUT2D eigenvalue weighted by Gasteiger charge is 2.27. The summed E-state index contributed by atoms with van der Waals surface area (Å²) in [7, 11) is 0. The summed E-state index contributed by atoms with van der Waals surface area (Å²) in [6.07, 6.45) is 1.43. The van der Waals surface area contributed by atoms with Gasteiger partial charge in [-0.3, -0.25) is 14.6 Å². The van der Waals surface area contributed by atoms with E-state index in [2.05, 4.69) is 10.3 Å². The number of hydrogen-bond donors (Lipinski definition) is 2. The van der Waals surface area contributed by atoms with E-state index >= 15 is 0 Å².